The Bertz CT molecular complexity index is 625. The lowest BCUT2D eigenvalue weighted by Gasteiger charge is -2.14. The first-order valence-electron chi connectivity index (χ1n) is 7.13. The summed E-state index contributed by atoms with van der Waals surface area (Å²) in [7, 11) is 0. The second-order valence-corrected chi connectivity index (χ2v) is 6.59. The minimum absolute atomic E-state index is 0.0582. The number of alkyl halides is 1. The molecule has 3 heteroatoms. The molecule has 0 spiro atoms. The summed E-state index contributed by atoms with van der Waals surface area (Å²) in [5.74, 6) is 0.864. The molecule has 21 heavy (non-hydrogen) atoms. The second kappa shape index (κ2) is 7.33. The summed E-state index contributed by atoms with van der Waals surface area (Å²) in [5.41, 5.74) is 4.98. The van der Waals surface area contributed by atoms with Gasteiger partial charge in [0.05, 0.1) is 12.0 Å². The van der Waals surface area contributed by atoms with Crippen LogP contribution in [0.4, 0.5) is 0 Å². The topological polar surface area (TPSA) is 9.23 Å². The normalized spacial score (nSPS) is 12.2. The van der Waals surface area contributed by atoms with Gasteiger partial charge in [0.15, 0.2) is 0 Å². The van der Waals surface area contributed by atoms with Gasteiger partial charge in [-0.25, -0.2) is 0 Å². The van der Waals surface area contributed by atoms with E-state index in [9.17, 15) is 0 Å². The van der Waals surface area contributed by atoms with Gasteiger partial charge in [-0.3, -0.25) is 0 Å². The zero-order valence-corrected chi connectivity index (χ0v) is 15.0. The van der Waals surface area contributed by atoms with Crippen LogP contribution >= 0.6 is 27.5 Å². The molecule has 0 aliphatic rings. The summed E-state index contributed by atoms with van der Waals surface area (Å²) in [4.78, 5) is 0. The van der Waals surface area contributed by atoms with Crippen LogP contribution in [0.5, 0.6) is 5.75 Å². The molecule has 2 aromatic carbocycles. The number of benzene rings is 2. The molecule has 0 heterocycles. The molecule has 0 aliphatic heterocycles. The van der Waals surface area contributed by atoms with Crippen molar-refractivity contribution < 1.29 is 4.74 Å². The Labute approximate surface area is 140 Å². The second-order valence-electron chi connectivity index (χ2n) is 5.21. The van der Waals surface area contributed by atoms with Crippen LogP contribution in [0.3, 0.4) is 0 Å². The van der Waals surface area contributed by atoms with E-state index in [4.69, 9.17) is 16.3 Å². The van der Waals surface area contributed by atoms with Gasteiger partial charge in [0, 0.05) is 4.47 Å². The number of aryl methyl sites for hydroxylation is 2. The van der Waals surface area contributed by atoms with Crippen LogP contribution in [-0.2, 0) is 6.42 Å². The Hall–Kier alpha value is -0.990. The van der Waals surface area contributed by atoms with E-state index in [0.717, 1.165) is 22.2 Å². The molecule has 1 atom stereocenters. The highest BCUT2D eigenvalue weighted by molar-refractivity contribution is 9.10. The first-order valence-corrected chi connectivity index (χ1v) is 8.36. The number of halogens is 2. The van der Waals surface area contributed by atoms with E-state index < -0.39 is 0 Å². The first-order chi connectivity index (χ1) is 10.0. The van der Waals surface area contributed by atoms with Crippen molar-refractivity contribution in [2.24, 2.45) is 0 Å². The quantitative estimate of drug-likeness (QED) is 0.590. The third-order valence-corrected chi connectivity index (χ3v) is 4.68. The molecule has 2 aromatic rings. The van der Waals surface area contributed by atoms with Crippen LogP contribution in [0.1, 0.15) is 34.6 Å². The molecule has 112 valence electrons. The number of rotatable bonds is 5. The van der Waals surface area contributed by atoms with Crippen LogP contribution in [0.25, 0.3) is 0 Å². The Morgan fingerprint density at radius 1 is 1.10 bits per heavy atom. The van der Waals surface area contributed by atoms with Crippen molar-refractivity contribution in [3.05, 3.63) is 63.1 Å². The molecule has 0 amide bonds. The molecule has 0 fully saturated rings. The lowest BCUT2D eigenvalue weighted by Crippen LogP contribution is -1.99. The monoisotopic (exact) mass is 366 g/mol. The van der Waals surface area contributed by atoms with Gasteiger partial charge in [-0.15, -0.1) is 11.6 Å². The predicted octanol–water partition coefficient (Wildman–Crippen LogP) is 5.99. The zero-order valence-electron chi connectivity index (χ0n) is 12.6. The zero-order chi connectivity index (χ0) is 15.4. The molecule has 1 nitrogen and oxygen atoms in total. The van der Waals surface area contributed by atoms with Crippen molar-refractivity contribution in [1.82, 2.24) is 0 Å². The fraction of sp³-hybridized carbons (Fsp3) is 0.333. The van der Waals surface area contributed by atoms with Crippen LogP contribution < -0.4 is 4.74 Å². The average Bonchev–Trinajstić information content (AvgIpc) is 2.43. The Morgan fingerprint density at radius 3 is 2.48 bits per heavy atom. The minimum Gasteiger partial charge on any atom is -0.494 e. The molecular formula is C18H20BrClO. The van der Waals surface area contributed by atoms with Crippen molar-refractivity contribution >= 4 is 27.5 Å². The Morgan fingerprint density at radius 2 is 1.86 bits per heavy atom. The van der Waals surface area contributed by atoms with Crippen LogP contribution in [-0.4, -0.2) is 6.61 Å². The van der Waals surface area contributed by atoms with E-state index in [0.29, 0.717) is 6.61 Å². The van der Waals surface area contributed by atoms with E-state index >= 15 is 0 Å². The summed E-state index contributed by atoms with van der Waals surface area (Å²) >= 11 is 10.2. The van der Waals surface area contributed by atoms with E-state index in [1.165, 1.54) is 16.7 Å². The third kappa shape index (κ3) is 4.24. The molecule has 0 N–H and O–H groups in total. The van der Waals surface area contributed by atoms with Gasteiger partial charge in [-0.1, -0.05) is 40.2 Å². The molecule has 1 unspecified atom stereocenters. The fourth-order valence-electron chi connectivity index (χ4n) is 2.27. The largest absolute Gasteiger partial charge is 0.494 e. The van der Waals surface area contributed by atoms with Crippen molar-refractivity contribution in [2.75, 3.05) is 6.61 Å². The highest BCUT2D eigenvalue weighted by Gasteiger charge is 2.13. The smallest absolute Gasteiger partial charge is 0.120 e. The van der Waals surface area contributed by atoms with E-state index in [1.807, 2.05) is 25.1 Å². The Balaban J connectivity index is 2.16. The molecule has 2 rings (SSSR count). The van der Waals surface area contributed by atoms with Gasteiger partial charge in [-0.05, 0) is 61.6 Å². The molecule has 0 aliphatic carbocycles. The molecule has 0 saturated carbocycles. The average molecular weight is 368 g/mol. The van der Waals surface area contributed by atoms with Gasteiger partial charge in [0.1, 0.15) is 5.75 Å². The summed E-state index contributed by atoms with van der Waals surface area (Å²) in [6.45, 7) is 6.90. The summed E-state index contributed by atoms with van der Waals surface area (Å²) in [6.07, 6.45) is 0.815. The first kappa shape index (κ1) is 16.4. The summed E-state index contributed by atoms with van der Waals surface area (Å²) in [6, 6.07) is 12.5. The summed E-state index contributed by atoms with van der Waals surface area (Å²) < 4.78 is 6.49. The van der Waals surface area contributed by atoms with Crippen LogP contribution in [0.15, 0.2) is 40.9 Å². The summed E-state index contributed by atoms with van der Waals surface area (Å²) in [5, 5.41) is -0.0582. The highest BCUT2D eigenvalue weighted by atomic mass is 79.9. The standard InChI is InChI=1S/C18H20BrClO/c1-4-21-15-7-8-16(17(19)11-15)18(20)10-14-6-5-12(2)13(3)9-14/h5-9,11,18H,4,10H2,1-3H3. The maximum atomic E-state index is 6.60. The maximum absolute atomic E-state index is 6.60. The van der Waals surface area contributed by atoms with Gasteiger partial charge in [-0.2, -0.15) is 0 Å². The Kier molecular flexibility index (Phi) is 5.72. The molecule has 0 saturated heterocycles. The van der Waals surface area contributed by atoms with Crippen molar-refractivity contribution in [2.45, 2.75) is 32.6 Å². The van der Waals surface area contributed by atoms with Gasteiger partial charge >= 0.3 is 0 Å². The van der Waals surface area contributed by atoms with Gasteiger partial charge in [0.2, 0.25) is 0 Å². The predicted molar refractivity (Wildman–Crippen MR) is 93.5 cm³/mol. The van der Waals surface area contributed by atoms with E-state index in [-0.39, 0.29) is 5.38 Å². The fourth-order valence-corrected chi connectivity index (χ4v) is 3.40. The van der Waals surface area contributed by atoms with Crippen molar-refractivity contribution in [3.8, 4) is 5.75 Å². The van der Waals surface area contributed by atoms with Gasteiger partial charge < -0.3 is 4.74 Å². The lowest BCUT2D eigenvalue weighted by molar-refractivity contribution is 0.340. The number of ether oxygens (including phenoxy) is 1. The van der Waals surface area contributed by atoms with Crippen molar-refractivity contribution in [1.29, 1.82) is 0 Å². The van der Waals surface area contributed by atoms with Crippen LogP contribution in [0.2, 0.25) is 0 Å². The van der Waals surface area contributed by atoms with Gasteiger partial charge in [0.25, 0.3) is 0 Å². The van der Waals surface area contributed by atoms with E-state index in [2.05, 4.69) is 48.0 Å². The molecule has 0 aromatic heterocycles. The minimum atomic E-state index is -0.0582. The lowest BCUT2D eigenvalue weighted by atomic mass is 10.00. The van der Waals surface area contributed by atoms with E-state index in [1.54, 1.807) is 0 Å². The maximum Gasteiger partial charge on any atom is 0.120 e. The number of hydrogen-bond donors (Lipinski definition) is 0. The number of hydrogen-bond acceptors (Lipinski definition) is 1. The molecule has 0 bridgehead atoms. The third-order valence-electron chi connectivity index (χ3n) is 3.61. The van der Waals surface area contributed by atoms with Crippen molar-refractivity contribution in [3.63, 3.8) is 0 Å². The highest BCUT2D eigenvalue weighted by Crippen LogP contribution is 2.33. The van der Waals surface area contributed by atoms with Crippen LogP contribution in [0, 0.1) is 13.8 Å². The SMILES string of the molecule is CCOc1ccc(C(Cl)Cc2ccc(C)c(C)c2)c(Br)c1. The molecular weight excluding hydrogens is 348 g/mol. The molecule has 0 radical (unpaired) electrons.